The summed E-state index contributed by atoms with van der Waals surface area (Å²) in [4.78, 5) is 65.9. The molecule has 1 N–H and O–H groups in total. The SMILES string of the molecule is COc1ccc([C@@H]2c3sc(=O)n(CC(=O)Nc4ccc(Cl)cc4)c3S[C@H]3C(=O)N(c4ccc([N+](=O)[O-])cc4)C(=O)[C@@H]23)cc1. The van der Waals surface area contributed by atoms with Gasteiger partial charge in [0.05, 0.1) is 28.7 Å². The van der Waals surface area contributed by atoms with Crippen LogP contribution in [0, 0.1) is 16.0 Å². The lowest BCUT2D eigenvalue weighted by Gasteiger charge is -2.30. The number of thioether (sulfide) groups is 1. The number of hydrogen-bond donors (Lipinski definition) is 1. The zero-order valence-electron chi connectivity index (χ0n) is 22.3. The smallest absolute Gasteiger partial charge is 0.308 e. The molecule has 2 aliphatic rings. The zero-order chi connectivity index (χ0) is 30.4. The number of ether oxygens (including phenoxy) is 1. The van der Waals surface area contributed by atoms with Gasteiger partial charge in [0.25, 0.3) is 5.69 Å². The molecule has 218 valence electrons. The van der Waals surface area contributed by atoms with E-state index < -0.39 is 44.6 Å². The van der Waals surface area contributed by atoms with Gasteiger partial charge in [0.15, 0.2) is 0 Å². The number of hydrogen-bond acceptors (Lipinski definition) is 9. The van der Waals surface area contributed by atoms with Crippen molar-refractivity contribution in [3.63, 3.8) is 0 Å². The molecule has 0 bridgehead atoms. The molecule has 1 saturated heterocycles. The van der Waals surface area contributed by atoms with E-state index in [0.29, 0.717) is 31.9 Å². The van der Waals surface area contributed by atoms with Gasteiger partial charge >= 0.3 is 4.87 Å². The molecule has 3 atom stereocenters. The number of nitrogens with one attached hydrogen (secondary N) is 1. The summed E-state index contributed by atoms with van der Waals surface area (Å²) in [6, 6.07) is 18.8. The second-order valence-corrected chi connectivity index (χ2v) is 12.3. The number of rotatable bonds is 7. The number of nitro groups is 1. The van der Waals surface area contributed by atoms with Gasteiger partial charge < -0.3 is 10.1 Å². The number of nitro benzene ring substituents is 1. The van der Waals surface area contributed by atoms with E-state index >= 15 is 0 Å². The average molecular weight is 637 g/mol. The molecule has 2 aliphatic heterocycles. The van der Waals surface area contributed by atoms with Crippen molar-refractivity contribution >= 4 is 69.5 Å². The molecule has 6 rings (SSSR count). The number of anilines is 2. The minimum absolute atomic E-state index is 0.172. The number of fused-ring (bicyclic) bond motifs is 2. The number of carbonyl (C=O) groups excluding carboxylic acids is 3. The molecule has 11 nitrogen and oxygen atoms in total. The molecule has 1 aromatic heterocycles. The Morgan fingerprint density at radius 1 is 1.00 bits per heavy atom. The van der Waals surface area contributed by atoms with Crippen LogP contribution < -0.4 is 19.8 Å². The highest BCUT2D eigenvalue weighted by Crippen LogP contribution is 2.54. The van der Waals surface area contributed by atoms with E-state index in [2.05, 4.69) is 5.32 Å². The normalized spacial score (nSPS) is 19.1. The van der Waals surface area contributed by atoms with Crippen LogP contribution in [-0.2, 0) is 20.9 Å². The maximum Gasteiger partial charge on any atom is 0.308 e. The second kappa shape index (κ2) is 11.3. The first-order chi connectivity index (χ1) is 20.7. The molecule has 4 aromatic rings. The van der Waals surface area contributed by atoms with Gasteiger partial charge in [-0.05, 0) is 54.1 Å². The number of carbonyl (C=O) groups is 3. The third-order valence-electron chi connectivity index (χ3n) is 7.27. The van der Waals surface area contributed by atoms with Gasteiger partial charge in [-0.3, -0.25) is 33.9 Å². The predicted octanol–water partition coefficient (Wildman–Crippen LogP) is 4.91. The van der Waals surface area contributed by atoms with E-state index in [9.17, 15) is 29.3 Å². The molecule has 0 saturated carbocycles. The summed E-state index contributed by atoms with van der Waals surface area (Å²) in [6.45, 7) is -0.304. The second-order valence-electron chi connectivity index (χ2n) is 9.78. The molecule has 43 heavy (non-hydrogen) atoms. The first kappa shape index (κ1) is 28.6. The number of halogens is 1. The maximum atomic E-state index is 14.0. The summed E-state index contributed by atoms with van der Waals surface area (Å²) >= 11 is 7.95. The van der Waals surface area contributed by atoms with Gasteiger partial charge in [-0.15, -0.1) is 0 Å². The summed E-state index contributed by atoms with van der Waals surface area (Å²) in [5.74, 6) is -2.36. The number of aromatic nitrogens is 1. The van der Waals surface area contributed by atoms with Crippen molar-refractivity contribution in [1.29, 1.82) is 0 Å². The van der Waals surface area contributed by atoms with Crippen molar-refractivity contribution in [2.75, 3.05) is 17.3 Å². The molecule has 14 heteroatoms. The Bertz CT molecular complexity index is 1820. The number of methoxy groups -OCH3 is 1. The summed E-state index contributed by atoms with van der Waals surface area (Å²) in [7, 11) is 1.53. The Balaban J connectivity index is 1.39. The number of thiazole rings is 1. The molecule has 1 fully saturated rings. The van der Waals surface area contributed by atoms with Gasteiger partial charge in [0, 0.05) is 33.6 Å². The Labute approximate surface area is 257 Å². The number of amides is 3. The predicted molar refractivity (Wildman–Crippen MR) is 162 cm³/mol. The van der Waals surface area contributed by atoms with Crippen molar-refractivity contribution in [2.45, 2.75) is 22.7 Å². The highest BCUT2D eigenvalue weighted by atomic mass is 35.5. The minimum atomic E-state index is -0.901. The Morgan fingerprint density at radius 2 is 1.67 bits per heavy atom. The fourth-order valence-corrected chi connectivity index (χ4v) is 8.18. The van der Waals surface area contributed by atoms with E-state index in [-0.39, 0.29) is 17.9 Å². The fraction of sp³-hybridized carbons (Fsp3) is 0.172. The molecule has 0 aliphatic carbocycles. The van der Waals surface area contributed by atoms with Gasteiger partial charge in [0.2, 0.25) is 17.7 Å². The Kier molecular flexibility index (Phi) is 7.54. The average Bonchev–Trinajstić information content (AvgIpc) is 3.44. The van der Waals surface area contributed by atoms with Crippen LogP contribution in [0.25, 0.3) is 0 Å². The lowest BCUT2D eigenvalue weighted by Crippen LogP contribution is -2.33. The first-order valence-corrected chi connectivity index (χ1v) is 15.0. The van der Waals surface area contributed by atoms with Crippen molar-refractivity contribution < 1.29 is 24.0 Å². The van der Waals surface area contributed by atoms with Crippen LogP contribution in [0.15, 0.2) is 82.6 Å². The van der Waals surface area contributed by atoms with Gasteiger partial charge in [-0.25, -0.2) is 4.90 Å². The van der Waals surface area contributed by atoms with Crippen molar-refractivity contribution in [3.8, 4) is 5.75 Å². The van der Waals surface area contributed by atoms with Crippen LogP contribution >= 0.6 is 34.7 Å². The van der Waals surface area contributed by atoms with E-state index in [1.807, 2.05) is 0 Å². The number of imide groups is 1. The summed E-state index contributed by atoms with van der Waals surface area (Å²) < 4.78 is 6.62. The van der Waals surface area contributed by atoms with Crippen LogP contribution in [-0.4, -0.2) is 39.6 Å². The van der Waals surface area contributed by atoms with Gasteiger partial charge in [-0.1, -0.05) is 46.8 Å². The third-order valence-corrected chi connectivity index (χ3v) is 10.1. The molecule has 3 aromatic carbocycles. The number of benzene rings is 3. The standard InChI is InChI=1S/C29H21ClN4O7S2/c1-41-20-12-2-15(3-13-20)22-23-24(27(37)33(26(23)36)18-8-10-19(11-9-18)34(39)40)42-28-25(22)43-29(38)32(28)14-21(35)31-17-6-4-16(30)5-7-17/h2-13,22-24H,14H2,1H3,(H,31,35)/t22-,23-,24+/m0/s1. The topological polar surface area (TPSA) is 141 Å². The lowest BCUT2D eigenvalue weighted by atomic mass is 9.83. The van der Waals surface area contributed by atoms with Gasteiger partial charge in [-0.2, -0.15) is 0 Å². The summed E-state index contributed by atoms with van der Waals surface area (Å²) in [6.07, 6.45) is 0. The zero-order valence-corrected chi connectivity index (χ0v) is 24.7. The fourth-order valence-electron chi connectivity index (χ4n) is 5.28. The number of nitrogens with zero attached hydrogens (tertiary/aromatic N) is 3. The monoisotopic (exact) mass is 636 g/mol. The molecular weight excluding hydrogens is 616 g/mol. The summed E-state index contributed by atoms with van der Waals surface area (Å²) in [5.41, 5.74) is 1.25. The molecule has 3 amide bonds. The van der Waals surface area contributed by atoms with E-state index in [0.717, 1.165) is 28.0 Å². The Morgan fingerprint density at radius 3 is 2.30 bits per heavy atom. The van der Waals surface area contributed by atoms with Crippen LogP contribution in [0.5, 0.6) is 5.75 Å². The lowest BCUT2D eigenvalue weighted by molar-refractivity contribution is -0.384. The molecule has 0 spiro atoms. The van der Waals surface area contributed by atoms with Crippen molar-refractivity contribution in [3.05, 3.63) is 108 Å². The third kappa shape index (κ3) is 5.19. The maximum absolute atomic E-state index is 14.0. The van der Waals surface area contributed by atoms with E-state index in [4.69, 9.17) is 16.3 Å². The minimum Gasteiger partial charge on any atom is -0.497 e. The first-order valence-electron chi connectivity index (χ1n) is 12.9. The quantitative estimate of drug-likeness (QED) is 0.171. The van der Waals surface area contributed by atoms with Crippen molar-refractivity contribution in [2.24, 2.45) is 5.92 Å². The number of non-ortho nitro benzene ring substituents is 1. The van der Waals surface area contributed by atoms with Crippen LogP contribution in [0.4, 0.5) is 17.1 Å². The van der Waals surface area contributed by atoms with Crippen LogP contribution in [0.3, 0.4) is 0 Å². The van der Waals surface area contributed by atoms with Gasteiger partial charge in [0.1, 0.15) is 17.5 Å². The van der Waals surface area contributed by atoms with E-state index in [1.165, 1.54) is 35.9 Å². The molecule has 0 unspecified atom stereocenters. The molecular formula is C29H21ClN4O7S2. The van der Waals surface area contributed by atoms with Crippen molar-refractivity contribution in [1.82, 2.24) is 4.57 Å². The molecule has 0 radical (unpaired) electrons. The Hall–Kier alpha value is -4.46. The highest BCUT2D eigenvalue weighted by Gasteiger charge is 2.56. The molecule has 3 heterocycles. The largest absolute Gasteiger partial charge is 0.497 e. The highest BCUT2D eigenvalue weighted by molar-refractivity contribution is 8.00. The van der Waals surface area contributed by atoms with E-state index in [1.54, 1.807) is 48.5 Å². The summed E-state index contributed by atoms with van der Waals surface area (Å²) in [5, 5.41) is 13.9. The van der Waals surface area contributed by atoms with Crippen LogP contribution in [0.2, 0.25) is 5.02 Å². The van der Waals surface area contributed by atoms with Crippen LogP contribution in [0.1, 0.15) is 16.4 Å².